The molecule has 0 saturated heterocycles. The smallest absolute Gasteiger partial charge is 0.230 e. The molecule has 1 heterocycles. The van der Waals surface area contributed by atoms with E-state index in [4.69, 9.17) is 27.9 Å². The molecule has 1 aromatic heterocycles. The Morgan fingerprint density at radius 3 is 2.39 bits per heavy atom. The van der Waals surface area contributed by atoms with Crippen LogP contribution in [-0.2, 0) is 0 Å². The normalized spacial score (nSPS) is 10.2. The van der Waals surface area contributed by atoms with Gasteiger partial charge in [0.25, 0.3) is 0 Å². The summed E-state index contributed by atoms with van der Waals surface area (Å²) in [5, 5.41) is 3.64. The van der Waals surface area contributed by atoms with Gasteiger partial charge in [-0.2, -0.15) is 0 Å². The molecule has 1 N–H and O–H groups in total. The first-order chi connectivity index (χ1) is 8.58. The highest BCUT2D eigenvalue weighted by molar-refractivity contribution is 6.33. The lowest BCUT2D eigenvalue weighted by atomic mass is 10.2. The van der Waals surface area contributed by atoms with Crippen molar-refractivity contribution in [3.05, 3.63) is 40.1 Å². The zero-order chi connectivity index (χ0) is 13.1. The number of ether oxygens (including phenoxy) is 1. The van der Waals surface area contributed by atoms with Gasteiger partial charge in [-0.3, -0.25) is 0 Å². The third-order valence-electron chi connectivity index (χ3n) is 2.35. The Labute approximate surface area is 115 Å². The molecule has 1 aromatic carbocycles. The van der Waals surface area contributed by atoms with E-state index in [1.165, 1.54) is 6.07 Å². The van der Waals surface area contributed by atoms with E-state index >= 15 is 0 Å². The largest absolute Gasteiger partial charge is 0.497 e. The topological polar surface area (TPSA) is 47.0 Å². The molecule has 6 heteroatoms. The zero-order valence-corrected chi connectivity index (χ0v) is 11.4. The molecule has 0 saturated carbocycles. The van der Waals surface area contributed by atoms with E-state index in [1.54, 1.807) is 7.11 Å². The zero-order valence-electron chi connectivity index (χ0n) is 9.87. The van der Waals surface area contributed by atoms with Gasteiger partial charge in [-0.15, -0.1) is 0 Å². The molecule has 18 heavy (non-hydrogen) atoms. The number of anilines is 2. The minimum absolute atomic E-state index is 0.290. The van der Waals surface area contributed by atoms with Gasteiger partial charge in [0.1, 0.15) is 16.1 Å². The molecule has 0 aliphatic carbocycles. The third-order valence-corrected chi connectivity index (χ3v) is 2.74. The van der Waals surface area contributed by atoms with Crippen LogP contribution in [0.2, 0.25) is 10.3 Å². The molecule has 2 rings (SSSR count). The van der Waals surface area contributed by atoms with E-state index in [0.717, 1.165) is 17.0 Å². The Balaban J connectivity index is 2.33. The Morgan fingerprint density at radius 1 is 1.11 bits per heavy atom. The van der Waals surface area contributed by atoms with Crippen LogP contribution in [0.3, 0.4) is 0 Å². The summed E-state index contributed by atoms with van der Waals surface area (Å²) in [6, 6.07) is 7.15. The van der Waals surface area contributed by atoms with Crippen LogP contribution in [0.1, 0.15) is 5.56 Å². The summed E-state index contributed by atoms with van der Waals surface area (Å²) in [5.74, 6) is 1.10. The number of aromatic nitrogens is 2. The average Bonchev–Trinajstić information content (AvgIpc) is 2.30. The molecular weight excluding hydrogens is 273 g/mol. The second-order valence-corrected chi connectivity index (χ2v) is 4.42. The van der Waals surface area contributed by atoms with E-state index in [9.17, 15) is 0 Å². The van der Waals surface area contributed by atoms with Gasteiger partial charge >= 0.3 is 0 Å². The molecule has 0 unspecified atom stereocenters. The van der Waals surface area contributed by atoms with Crippen molar-refractivity contribution >= 4 is 34.8 Å². The SMILES string of the molecule is COc1ccc(C)c(Nc2nc(Cl)cc(Cl)n2)c1. The highest BCUT2D eigenvalue weighted by Crippen LogP contribution is 2.25. The minimum Gasteiger partial charge on any atom is -0.497 e. The van der Waals surface area contributed by atoms with Crippen LogP contribution in [0.4, 0.5) is 11.6 Å². The lowest BCUT2D eigenvalue weighted by Gasteiger charge is -2.10. The molecule has 2 aromatic rings. The van der Waals surface area contributed by atoms with E-state index < -0.39 is 0 Å². The number of methoxy groups -OCH3 is 1. The summed E-state index contributed by atoms with van der Waals surface area (Å²) < 4.78 is 5.16. The van der Waals surface area contributed by atoms with E-state index in [2.05, 4.69) is 15.3 Å². The number of hydrogen-bond donors (Lipinski definition) is 1. The number of rotatable bonds is 3. The summed E-state index contributed by atoms with van der Waals surface area (Å²) in [4.78, 5) is 8.09. The van der Waals surface area contributed by atoms with E-state index in [1.807, 2.05) is 25.1 Å². The fraction of sp³-hybridized carbons (Fsp3) is 0.167. The number of halogens is 2. The average molecular weight is 284 g/mol. The van der Waals surface area contributed by atoms with Gasteiger partial charge in [0, 0.05) is 17.8 Å². The fourth-order valence-corrected chi connectivity index (χ4v) is 1.85. The molecule has 0 spiro atoms. The first kappa shape index (κ1) is 12.9. The summed E-state index contributed by atoms with van der Waals surface area (Å²) in [7, 11) is 1.61. The number of hydrogen-bond acceptors (Lipinski definition) is 4. The van der Waals surface area contributed by atoms with Crippen molar-refractivity contribution < 1.29 is 4.74 Å². The molecule has 4 nitrogen and oxygen atoms in total. The van der Waals surface area contributed by atoms with Crippen LogP contribution < -0.4 is 10.1 Å². The van der Waals surface area contributed by atoms with Crippen molar-refractivity contribution in [2.75, 3.05) is 12.4 Å². The fourth-order valence-electron chi connectivity index (χ4n) is 1.43. The van der Waals surface area contributed by atoms with Crippen LogP contribution >= 0.6 is 23.2 Å². The second-order valence-electron chi connectivity index (χ2n) is 3.64. The van der Waals surface area contributed by atoms with E-state index in [-0.39, 0.29) is 10.3 Å². The highest BCUT2D eigenvalue weighted by atomic mass is 35.5. The van der Waals surface area contributed by atoms with Crippen LogP contribution in [0.15, 0.2) is 24.3 Å². The maximum atomic E-state index is 5.81. The van der Waals surface area contributed by atoms with Gasteiger partial charge < -0.3 is 10.1 Å². The quantitative estimate of drug-likeness (QED) is 0.870. The summed E-state index contributed by atoms with van der Waals surface area (Å²) in [6.07, 6.45) is 0. The number of nitrogens with one attached hydrogen (secondary N) is 1. The van der Waals surface area contributed by atoms with Crippen LogP contribution in [-0.4, -0.2) is 17.1 Å². The summed E-state index contributed by atoms with van der Waals surface area (Å²) in [5.41, 5.74) is 1.88. The van der Waals surface area contributed by atoms with Crippen molar-refractivity contribution in [2.24, 2.45) is 0 Å². The Morgan fingerprint density at radius 2 is 1.78 bits per heavy atom. The molecule has 0 aliphatic rings. The standard InChI is InChI=1S/C12H11Cl2N3O/c1-7-3-4-8(18-2)5-9(7)15-12-16-10(13)6-11(14)17-12/h3-6H,1-2H3,(H,15,16,17). The van der Waals surface area contributed by atoms with Crippen LogP contribution in [0, 0.1) is 6.92 Å². The summed E-state index contributed by atoms with van der Waals surface area (Å²) >= 11 is 11.6. The number of nitrogens with zero attached hydrogens (tertiary/aromatic N) is 2. The van der Waals surface area contributed by atoms with E-state index in [0.29, 0.717) is 5.95 Å². The monoisotopic (exact) mass is 283 g/mol. The highest BCUT2D eigenvalue weighted by Gasteiger charge is 2.05. The van der Waals surface area contributed by atoms with Crippen molar-refractivity contribution in [2.45, 2.75) is 6.92 Å². The number of benzene rings is 1. The van der Waals surface area contributed by atoms with Crippen molar-refractivity contribution in [3.8, 4) is 5.75 Å². The van der Waals surface area contributed by atoms with Gasteiger partial charge in [0.2, 0.25) is 5.95 Å². The van der Waals surface area contributed by atoms with Crippen LogP contribution in [0.25, 0.3) is 0 Å². The predicted octanol–water partition coefficient (Wildman–Crippen LogP) is 3.84. The number of aryl methyl sites for hydroxylation is 1. The van der Waals surface area contributed by atoms with Gasteiger partial charge in [-0.1, -0.05) is 29.3 Å². The Kier molecular flexibility index (Phi) is 3.89. The lowest BCUT2D eigenvalue weighted by molar-refractivity contribution is 0.415. The van der Waals surface area contributed by atoms with Crippen molar-refractivity contribution in [1.29, 1.82) is 0 Å². The van der Waals surface area contributed by atoms with Gasteiger partial charge in [-0.25, -0.2) is 9.97 Å². The third kappa shape index (κ3) is 3.03. The van der Waals surface area contributed by atoms with Crippen molar-refractivity contribution in [1.82, 2.24) is 9.97 Å². The predicted molar refractivity (Wildman–Crippen MR) is 73.1 cm³/mol. The maximum absolute atomic E-state index is 5.81. The molecule has 0 radical (unpaired) electrons. The second kappa shape index (κ2) is 5.42. The molecule has 0 bridgehead atoms. The lowest BCUT2D eigenvalue weighted by Crippen LogP contribution is -1.99. The van der Waals surface area contributed by atoms with Gasteiger partial charge in [0.05, 0.1) is 7.11 Å². The minimum atomic E-state index is 0.290. The molecule has 0 aliphatic heterocycles. The van der Waals surface area contributed by atoms with Crippen LogP contribution in [0.5, 0.6) is 5.75 Å². The molecule has 94 valence electrons. The Bertz CT molecular complexity index is 555. The van der Waals surface area contributed by atoms with Gasteiger partial charge in [0.15, 0.2) is 0 Å². The maximum Gasteiger partial charge on any atom is 0.230 e. The summed E-state index contributed by atoms with van der Waals surface area (Å²) in [6.45, 7) is 1.97. The molecule has 0 atom stereocenters. The molecule has 0 amide bonds. The van der Waals surface area contributed by atoms with Gasteiger partial charge in [-0.05, 0) is 18.6 Å². The molecular formula is C12H11Cl2N3O. The molecule has 0 fully saturated rings. The first-order valence-electron chi connectivity index (χ1n) is 5.20. The van der Waals surface area contributed by atoms with Crippen molar-refractivity contribution in [3.63, 3.8) is 0 Å². The Hall–Kier alpha value is -1.52. The first-order valence-corrected chi connectivity index (χ1v) is 5.96.